The highest BCUT2D eigenvalue weighted by Crippen LogP contribution is 2.40. The van der Waals surface area contributed by atoms with E-state index in [2.05, 4.69) is 27.8 Å². The van der Waals surface area contributed by atoms with Crippen molar-refractivity contribution in [2.45, 2.75) is 20.0 Å². The van der Waals surface area contributed by atoms with Crippen molar-refractivity contribution in [3.8, 4) is 5.75 Å². The van der Waals surface area contributed by atoms with Crippen LogP contribution in [0.15, 0.2) is 41.0 Å². The van der Waals surface area contributed by atoms with Crippen molar-refractivity contribution in [1.29, 1.82) is 0 Å². The molecule has 0 atom stereocenters. The summed E-state index contributed by atoms with van der Waals surface area (Å²) in [5.41, 5.74) is 3.83. The predicted octanol–water partition coefficient (Wildman–Crippen LogP) is 4.68. The lowest BCUT2D eigenvalue weighted by atomic mass is 9.96. The summed E-state index contributed by atoms with van der Waals surface area (Å²) in [6, 6.07) is 8.58. The molecule has 102 valence electrons. The Hall–Kier alpha value is -1.68. The standard InChI is InChI=1S/C16H13BrFNO/c1-2-13(17)16-11-4-3-7-19-14(11)9-20-15-8-10(18)5-6-12(15)16/h3-8H,2,9H2,1H3. The molecule has 0 amide bonds. The Bertz CT molecular complexity index is 697. The van der Waals surface area contributed by atoms with Gasteiger partial charge in [-0.05, 0) is 24.6 Å². The first kappa shape index (κ1) is 13.3. The van der Waals surface area contributed by atoms with Crippen molar-refractivity contribution in [2.75, 3.05) is 0 Å². The fourth-order valence-corrected chi connectivity index (χ4v) is 2.79. The number of ether oxygens (including phenoxy) is 1. The average molecular weight is 334 g/mol. The van der Waals surface area contributed by atoms with Gasteiger partial charge in [0.25, 0.3) is 0 Å². The second kappa shape index (κ2) is 5.37. The number of benzene rings is 1. The summed E-state index contributed by atoms with van der Waals surface area (Å²) in [6.45, 7) is 2.42. The highest BCUT2D eigenvalue weighted by Gasteiger charge is 2.22. The summed E-state index contributed by atoms with van der Waals surface area (Å²) < 4.78 is 20.2. The maximum absolute atomic E-state index is 13.4. The molecule has 2 nitrogen and oxygen atoms in total. The minimum atomic E-state index is -0.297. The van der Waals surface area contributed by atoms with Crippen molar-refractivity contribution >= 4 is 21.5 Å². The lowest BCUT2D eigenvalue weighted by Gasteiger charge is -2.12. The van der Waals surface area contributed by atoms with Crippen LogP contribution in [0.1, 0.15) is 30.2 Å². The van der Waals surface area contributed by atoms with Crippen LogP contribution in [0.3, 0.4) is 0 Å². The first-order chi connectivity index (χ1) is 9.70. The Kier molecular flexibility index (Phi) is 3.57. The van der Waals surface area contributed by atoms with Gasteiger partial charge in [0.1, 0.15) is 18.2 Å². The molecule has 4 heteroatoms. The van der Waals surface area contributed by atoms with Gasteiger partial charge < -0.3 is 4.74 Å². The summed E-state index contributed by atoms with van der Waals surface area (Å²) in [6.07, 6.45) is 2.59. The van der Waals surface area contributed by atoms with E-state index in [1.165, 1.54) is 12.1 Å². The van der Waals surface area contributed by atoms with Gasteiger partial charge in [-0.1, -0.05) is 28.9 Å². The van der Waals surface area contributed by atoms with Gasteiger partial charge in [0, 0.05) is 33.4 Å². The number of nitrogens with zero attached hydrogens (tertiary/aromatic N) is 1. The van der Waals surface area contributed by atoms with Gasteiger partial charge in [-0.25, -0.2) is 4.39 Å². The number of allylic oxidation sites excluding steroid dienone is 1. The second-order valence-electron chi connectivity index (χ2n) is 4.56. The zero-order valence-electron chi connectivity index (χ0n) is 11.0. The average Bonchev–Trinajstić information content (AvgIpc) is 2.63. The van der Waals surface area contributed by atoms with Crippen LogP contribution in [0.25, 0.3) is 5.57 Å². The molecule has 2 heterocycles. The molecular formula is C16H13BrFNO. The fraction of sp³-hybridized carbons (Fsp3) is 0.188. The van der Waals surface area contributed by atoms with Crippen LogP contribution in [0.4, 0.5) is 4.39 Å². The van der Waals surface area contributed by atoms with E-state index in [9.17, 15) is 4.39 Å². The van der Waals surface area contributed by atoms with Gasteiger partial charge in [-0.2, -0.15) is 0 Å². The zero-order chi connectivity index (χ0) is 14.1. The maximum Gasteiger partial charge on any atom is 0.131 e. The van der Waals surface area contributed by atoms with E-state index in [1.807, 2.05) is 12.1 Å². The summed E-state index contributed by atoms with van der Waals surface area (Å²) in [4.78, 5) is 4.38. The van der Waals surface area contributed by atoms with Crippen LogP contribution in [-0.2, 0) is 6.61 Å². The number of aromatic nitrogens is 1. The quantitative estimate of drug-likeness (QED) is 0.756. The van der Waals surface area contributed by atoms with Gasteiger partial charge in [0.05, 0.1) is 5.69 Å². The third-order valence-electron chi connectivity index (χ3n) is 3.32. The topological polar surface area (TPSA) is 22.1 Å². The van der Waals surface area contributed by atoms with E-state index in [0.717, 1.165) is 33.3 Å². The third kappa shape index (κ3) is 2.24. The predicted molar refractivity (Wildman–Crippen MR) is 80.2 cm³/mol. The molecular weight excluding hydrogens is 321 g/mol. The van der Waals surface area contributed by atoms with Gasteiger partial charge in [-0.3, -0.25) is 4.98 Å². The first-order valence-electron chi connectivity index (χ1n) is 6.46. The highest BCUT2D eigenvalue weighted by molar-refractivity contribution is 9.11. The van der Waals surface area contributed by atoms with Crippen molar-refractivity contribution in [3.05, 3.63) is 63.6 Å². The van der Waals surface area contributed by atoms with Gasteiger partial charge in [-0.15, -0.1) is 0 Å². The van der Waals surface area contributed by atoms with Crippen LogP contribution in [0, 0.1) is 5.82 Å². The number of pyridine rings is 1. The monoisotopic (exact) mass is 333 g/mol. The van der Waals surface area contributed by atoms with Crippen molar-refractivity contribution in [1.82, 2.24) is 4.98 Å². The summed E-state index contributed by atoms with van der Waals surface area (Å²) in [5.74, 6) is 0.262. The van der Waals surface area contributed by atoms with Gasteiger partial charge in [0.15, 0.2) is 0 Å². The number of hydrogen-bond donors (Lipinski definition) is 0. The molecule has 3 rings (SSSR count). The minimum Gasteiger partial charge on any atom is -0.487 e. The van der Waals surface area contributed by atoms with Crippen LogP contribution < -0.4 is 4.74 Å². The van der Waals surface area contributed by atoms with E-state index < -0.39 is 0 Å². The van der Waals surface area contributed by atoms with Gasteiger partial charge >= 0.3 is 0 Å². The number of rotatable bonds is 1. The largest absolute Gasteiger partial charge is 0.487 e. The molecule has 1 aromatic heterocycles. The van der Waals surface area contributed by atoms with E-state index >= 15 is 0 Å². The molecule has 0 saturated carbocycles. The Morgan fingerprint density at radius 1 is 1.35 bits per heavy atom. The van der Waals surface area contributed by atoms with Crippen LogP contribution in [-0.4, -0.2) is 4.98 Å². The van der Waals surface area contributed by atoms with Crippen LogP contribution in [0.2, 0.25) is 0 Å². The molecule has 20 heavy (non-hydrogen) atoms. The normalized spacial score (nSPS) is 15.8. The Balaban J connectivity index is 2.31. The van der Waals surface area contributed by atoms with E-state index in [-0.39, 0.29) is 5.82 Å². The van der Waals surface area contributed by atoms with Crippen LogP contribution >= 0.6 is 15.9 Å². The summed E-state index contributed by atoms with van der Waals surface area (Å²) in [7, 11) is 0. The van der Waals surface area contributed by atoms with Crippen molar-refractivity contribution < 1.29 is 9.13 Å². The molecule has 0 radical (unpaired) electrons. The molecule has 1 aliphatic rings. The van der Waals surface area contributed by atoms with Crippen LogP contribution in [0.5, 0.6) is 5.75 Å². The Morgan fingerprint density at radius 3 is 3.00 bits per heavy atom. The minimum absolute atomic E-state index is 0.297. The summed E-state index contributed by atoms with van der Waals surface area (Å²) >= 11 is 3.63. The third-order valence-corrected chi connectivity index (χ3v) is 4.28. The van der Waals surface area contributed by atoms with Crippen molar-refractivity contribution in [3.63, 3.8) is 0 Å². The molecule has 0 aliphatic carbocycles. The Morgan fingerprint density at radius 2 is 2.20 bits per heavy atom. The number of fused-ring (bicyclic) bond motifs is 2. The van der Waals surface area contributed by atoms with Gasteiger partial charge in [0.2, 0.25) is 0 Å². The fourth-order valence-electron chi connectivity index (χ4n) is 2.36. The molecule has 2 aromatic rings. The molecule has 1 aromatic carbocycles. The highest BCUT2D eigenvalue weighted by atomic mass is 79.9. The molecule has 0 unspecified atom stereocenters. The SMILES string of the molecule is CCC(Br)=C1c2ccc(F)cc2OCc2ncccc21. The smallest absolute Gasteiger partial charge is 0.131 e. The molecule has 1 aliphatic heterocycles. The summed E-state index contributed by atoms with van der Waals surface area (Å²) in [5, 5.41) is 0. The molecule has 0 fully saturated rings. The number of hydrogen-bond acceptors (Lipinski definition) is 2. The van der Waals surface area contributed by atoms with E-state index in [1.54, 1.807) is 12.3 Å². The molecule has 0 spiro atoms. The Labute approximate surface area is 125 Å². The first-order valence-corrected chi connectivity index (χ1v) is 7.25. The molecule has 0 saturated heterocycles. The number of halogens is 2. The van der Waals surface area contributed by atoms with Crippen molar-refractivity contribution in [2.24, 2.45) is 0 Å². The lowest BCUT2D eigenvalue weighted by molar-refractivity contribution is 0.301. The lowest BCUT2D eigenvalue weighted by Crippen LogP contribution is -1.98. The second-order valence-corrected chi connectivity index (χ2v) is 5.52. The molecule has 0 N–H and O–H groups in total. The zero-order valence-corrected chi connectivity index (χ0v) is 12.6. The maximum atomic E-state index is 13.4. The van der Waals surface area contributed by atoms with E-state index in [4.69, 9.17) is 4.74 Å². The van der Waals surface area contributed by atoms with E-state index in [0.29, 0.717) is 12.4 Å². The molecule has 0 bridgehead atoms.